The second-order valence-corrected chi connectivity index (χ2v) is 8.69. The van der Waals surface area contributed by atoms with Crippen LogP contribution in [0.25, 0.3) is 0 Å². The Balaban J connectivity index is 1.44. The van der Waals surface area contributed by atoms with Crippen LogP contribution in [-0.2, 0) is 28.8 Å². The smallest absolute Gasteiger partial charge is 0.416 e. The fraction of sp³-hybridized carbons (Fsp3) is 0.250. The summed E-state index contributed by atoms with van der Waals surface area (Å²) in [6.07, 6.45) is 0.676. The molecule has 174 valence electrons. The number of nitrogens with zero attached hydrogens (tertiary/aromatic N) is 1. The summed E-state index contributed by atoms with van der Waals surface area (Å²) in [5, 5.41) is 9.41. The van der Waals surface area contributed by atoms with Crippen molar-refractivity contribution in [3.05, 3.63) is 106 Å². The Morgan fingerprint density at radius 1 is 0.941 bits per heavy atom. The Labute approximate surface area is 198 Å². The standard InChI is InChI=1S/C28H27NO5/c1-18-8-13-24(27(31)32)19(2)25(18)15-21-9-11-22(12-10-21)16-26(30)29-23(17-34-28(29)33)14-20-6-4-3-5-7-20/h3-13,23H,14-17H2,1-2H3,(H,31,32)/t23-/m1/s1. The summed E-state index contributed by atoms with van der Waals surface area (Å²) in [5.74, 6) is -1.21. The second-order valence-electron chi connectivity index (χ2n) is 8.69. The highest BCUT2D eigenvalue weighted by Crippen LogP contribution is 2.23. The number of ether oxygens (including phenoxy) is 1. The van der Waals surface area contributed by atoms with Gasteiger partial charge >= 0.3 is 12.1 Å². The van der Waals surface area contributed by atoms with Crippen LogP contribution < -0.4 is 0 Å². The van der Waals surface area contributed by atoms with Crippen LogP contribution in [0.1, 0.15) is 43.7 Å². The van der Waals surface area contributed by atoms with E-state index in [0.717, 1.165) is 33.4 Å². The number of amides is 2. The van der Waals surface area contributed by atoms with E-state index in [1.807, 2.05) is 74.5 Å². The minimum Gasteiger partial charge on any atom is -0.478 e. The lowest BCUT2D eigenvalue weighted by molar-refractivity contribution is -0.128. The van der Waals surface area contributed by atoms with Crippen LogP contribution in [0, 0.1) is 13.8 Å². The van der Waals surface area contributed by atoms with Gasteiger partial charge in [-0.15, -0.1) is 0 Å². The molecule has 1 N–H and O–H groups in total. The van der Waals surface area contributed by atoms with E-state index in [-0.39, 0.29) is 25.0 Å². The SMILES string of the molecule is Cc1ccc(C(=O)O)c(C)c1Cc1ccc(CC(=O)N2C(=O)OC[C@H]2Cc2ccccc2)cc1. The normalized spacial score (nSPS) is 15.3. The molecule has 6 heteroatoms. The van der Waals surface area contributed by atoms with Gasteiger partial charge in [-0.25, -0.2) is 14.5 Å². The van der Waals surface area contributed by atoms with Gasteiger partial charge in [0, 0.05) is 0 Å². The second kappa shape index (κ2) is 9.91. The topological polar surface area (TPSA) is 83.9 Å². The zero-order valence-corrected chi connectivity index (χ0v) is 19.3. The molecule has 3 aromatic rings. The van der Waals surface area contributed by atoms with Gasteiger partial charge in [0.15, 0.2) is 0 Å². The summed E-state index contributed by atoms with van der Waals surface area (Å²) >= 11 is 0. The number of benzene rings is 3. The minimum absolute atomic E-state index is 0.104. The maximum Gasteiger partial charge on any atom is 0.416 e. The fourth-order valence-electron chi connectivity index (χ4n) is 4.44. The summed E-state index contributed by atoms with van der Waals surface area (Å²) < 4.78 is 5.17. The van der Waals surface area contributed by atoms with Gasteiger partial charge in [-0.2, -0.15) is 0 Å². The first kappa shape index (κ1) is 23.2. The summed E-state index contributed by atoms with van der Waals surface area (Å²) in [7, 11) is 0. The van der Waals surface area contributed by atoms with E-state index in [4.69, 9.17) is 4.74 Å². The molecule has 1 fully saturated rings. The number of carboxylic acid groups (broad SMARTS) is 1. The monoisotopic (exact) mass is 457 g/mol. The van der Waals surface area contributed by atoms with Crippen LogP contribution in [0.5, 0.6) is 0 Å². The Kier molecular flexibility index (Phi) is 6.77. The lowest BCUT2D eigenvalue weighted by Crippen LogP contribution is -2.41. The molecule has 6 nitrogen and oxygen atoms in total. The number of rotatable bonds is 7. The number of carboxylic acids is 1. The van der Waals surface area contributed by atoms with Gasteiger partial charge in [0.05, 0.1) is 18.0 Å². The number of imide groups is 1. The van der Waals surface area contributed by atoms with Gasteiger partial charge in [0.25, 0.3) is 0 Å². The van der Waals surface area contributed by atoms with Gasteiger partial charge in [0.1, 0.15) is 6.61 Å². The van der Waals surface area contributed by atoms with Crippen LogP contribution in [0.3, 0.4) is 0 Å². The summed E-state index contributed by atoms with van der Waals surface area (Å²) in [6.45, 7) is 4.01. The van der Waals surface area contributed by atoms with Gasteiger partial charge in [-0.05, 0) is 66.1 Å². The first-order valence-electron chi connectivity index (χ1n) is 11.3. The van der Waals surface area contributed by atoms with E-state index in [2.05, 4.69) is 0 Å². The molecule has 0 unspecified atom stereocenters. The van der Waals surface area contributed by atoms with Crippen molar-refractivity contribution >= 4 is 18.0 Å². The van der Waals surface area contributed by atoms with Gasteiger partial charge in [0.2, 0.25) is 5.91 Å². The summed E-state index contributed by atoms with van der Waals surface area (Å²) in [6, 6.07) is 20.5. The van der Waals surface area contributed by atoms with Crippen molar-refractivity contribution in [2.75, 3.05) is 6.61 Å². The van der Waals surface area contributed by atoms with Crippen molar-refractivity contribution in [1.82, 2.24) is 4.90 Å². The van der Waals surface area contributed by atoms with E-state index in [1.165, 1.54) is 4.90 Å². The molecule has 0 bridgehead atoms. The summed E-state index contributed by atoms with van der Waals surface area (Å²) in [4.78, 5) is 37.9. The molecule has 4 rings (SSSR count). The van der Waals surface area contributed by atoms with E-state index >= 15 is 0 Å². The number of carbonyl (C=O) groups excluding carboxylic acids is 2. The Morgan fingerprint density at radius 2 is 1.62 bits per heavy atom. The molecule has 0 aromatic heterocycles. The molecule has 2 amide bonds. The average Bonchev–Trinajstić information content (AvgIpc) is 3.18. The van der Waals surface area contributed by atoms with Crippen molar-refractivity contribution in [1.29, 1.82) is 0 Å². The van der Waals surface area contributed by atoms with Gasteiger partial charge < -0.3 is 9.84 Å². The zero-order chi connectivity index (χ0) is 24.2. The predicted molar refractivity (Wildman–Crippen MR) is 128 cm³/mol. The molecule has 1 atom stereocenters. The fourth-order valence-corrected chi connectivity index (χ4v) is 4.44. The van der Waals surface area contributed by atoms with E-state index < -0.39 is 12.1 Å². The van der Waals surface area contributed by atoms with E-state index in [9.17, 15) is 19.5 Å². The predicted octanol–water partition coefficient (Wildman–Crippen LogP) is 4.73. The molecule has 34 heavy (non-hydrogen) atoms. The average molecular weight is 458 g/mol. The highest BCUT2D eigenvalue weighted by molar-refractivity contribution is 5.94. The number of aromatic carboxylic acids is 1. The zero-order valence-electron chi connectivity index (χ0n) is 19.3. The maximum atomic E-state index is 13.0. The molecule has 1 heterocycles. The molecular weight excluding hydrogens is 430 g/mol. The molecule has 0 aliphatic carbocycles. The first-order valence-corrected chi connectivity index (χ1v) is 11.3. The molecule has 1 aliphatic heterocycles. The summed E-state index contributed by atoms with van der Waals surface area (Å²) in [5.41, 5.74) is 5.98. The number of hydrogen-bond acceptors (Lipinski definition) is 4. The molecule has 0 spiro atoms. The van der Waals surface area contributed by atoms with Crippen LogP contribution in [0.4, 0.5) is 4.79 Å². The molecule has 0 saturated carbocycles. The number of cyclic esters (lactones) is 1. The van der Waals surface area contributed by atoms with Crippen LogP contribution in [0.2, 0.25) is 0 Å². The molecule has 1 aliphatic rings. The quantitative estimate of drug-likeness (QED) is 0.555. The van der Waals surface area contributed by atoms with Crippen LogP contribution in [-0.4, -0.2) is 40.6 Å². The third-order valence-electron chi connectivity index (χ3n) is 6.37. The van der Waals surface area contributed by atoms with Crippen molar-refractivity contribution in [3.8, 4) is 0 Å². The van der Waals surface area contributed by atoms with Crippen LogP contribution >= 0.6 is 0 Å². The minimum atomic E-state index is -0.932. The van der Waals surface area contributed by atoms with Crippen molar-refractivity contribution in [2.45, 2.75) is 39.2 Å². The number of hydrogen-bond donors (Lipinski definition) is 1. The largest absolute Gasteiger partial charge is 0.478 e. The lowest BCUT2D eigenvalue weighted by atomic mass is 9.92. The van der Waals surface area contributed by atoms with Gasteiger partial charge in [-0.1, -0.05) is 60.7 Å². The van der Waals surface area contributed by atoms with E-state index in [0.29, 0.717) is 18.4 Å². The highest BCUT2D eigenvalue weighted by atomic mass is 16.6. The Bertz CT molecular complexity index is 1220. The molecule has 3 aromatic carbocycles. The van der Waals surface area contributed by atoms with Crippen molar-refractivity contribution < 1.29 is 24.2 Å². The van der Waals surface area contributed by atoms with Crippen molar-refractivity contribution in [3.63, 3.8) is 0 Å². The first-order chi connectivity index (χ1) is 16.3. The lowest BCUT2D eigenvalue weighted by Gasteiger charge is -2.20. The van der Waals surface area contributed by atoms with Crippen LogP contribution in [0.15, 0.2) is 66.7 Å². The number of carbonyl (C=O) groups is 3. The van der Waals surface area contributed by atoms with Crippen molar-refractivity contribution in [2.24, 2.45) is 0 Å². The third-order valence-corrected chi connectivity index (χ3v) is 6.37. The van der Waals surface area contributed by atoms with Gasteiger partial charge in [-0.3, -0.25) is 4.79 Å². The highest BCUT2D eigenvalue weighted by Gasteiger charge is 2.37. The molecular formula is C28H27NO5. The number of aryl methyl sites for hydroxylation is 1. The Morgan fingerprint density at radius 3 is 2.29 bits per heavy atom. The van der Waals surface area contributed by atoms with E-state index in [1.54, 1.807) is 6.07 Å². The third kappa shape index (κ3) is 5.01. The Hall–Kier alpha value is -3.93. The maximum absolute atomic E-state index is 13.0. The molecule has 0 radical (unpaired) electrons. The molecule has 1 saturated heterocycles.